The van der Waals surface area contributed by atoms with Crippen molar-refractivity contribution in [2.45, 2.75) is 65.6 Å². The van der Waals surface area contributed by atoms with E-state index in [9.17, 15) is 0 Å². The first-order valence-corrected chi connectivity index (χ1v) is 8.95. The molecule has 0 bridgehead atoms. The summed E-state index contributed by atoms with van der Waals surface area (Å²) in [7, 11) is 0. The molecule has 1 aromatic heterocycles. The summed E-state index contributed by atoms with van der Waals surface area (Å²) in [5, 5.41) is 6.94. The fourth-order valence-electron chi connectivity index (χ4n) is 2.91. The molecule has 3 nitrogen and oxygen atoms in total. The van der Waals surface area contributed by atoms with Gasteiger partial charge in [0.1, 0.15) is 5.01 Å². The Kier molecular flexibility index (Phi) is 6.46. The van der Waals surface area contributed by atoms with Crippen LogP contribution in [-0.4, -0.2) is 29.0 Å². The zero-order valence-electron chi connectivity index (χ0n) is 13.2. The molecule has 1 aliphatic heterocycles. The van der Waals surface area contributed by atoms with Gasteiger partial charge in [0.25, 0.3) is 0 Å². The van der Waals surface area contributed by atoms with E-state index >= 15 is 0 Å². The summed E-state index contributed by atoms with van der Waals surface area (Å²) in [5.41, 5.74) is 1.26. The van der Waals surface area contributed by atoms with Crippen molar-refractivity contribution < 1.29 is 0 Å². The first-order chi connectivity index (χ1) is 9.69. The van der Waals surface area contributed by atoms with Crippen molar-refractivity contribution in [3.05, 3.63) is 16.1 Å². The van der Waals surface area contributed by atoms with Gasteiger partial charge in [-0.3, -0.25) is 4.90 Å². The Morgan fingerprint density at radius 2 is 2.30 bits per heavy atom. The number of rotatable bonds is 7. The van der Waals surface area contributed by atoms with Crippen LogP contribution in [0.3, 0.4) is 0 Å². The van der Waals surface area contributed by atoms with Gasteiger partial charge in [-0.2, -0.15) is 0 Å². The van der Waals surface area contributed by atoms with E-state index in [4.69, 9.17) is 4.98 Å². The van der Waals surface area contributed by atoms with E-state index in [1.165, 1.54) is 42.9 Å². The molecule has 0 amide bonds. The van der Waals surface area contributed by atoms with Gasteiger partial charge in [-0.05, 0) is 38.3 Å². The van der Waals surface area contributed by atoms with E-state index in [-0.39, 0.29) is 0 Å². The SMILES string of the molecule is CCC1CCCCN1Cc1csc(CNCC(C)C)n1. The number of hydrogen-bond donors (Lipinski definition) is 1. The Morgan fingerprint density at radius 3 is 3.05 bits per heavy atom. The number of piperidine rings is 1. The predicted molar refractivity (Wildman–Crippen MR) is 87.0 cm³/mol. The molecule has 1 atom stereocenters. The Balaban J connectivity index is 1.82. The van der Waals surface area contributed by atoms with Crippen molar-refractivity contribution in [2.24, 2.45) is 5.92 Å². The summed E-state index contributed by atoms with van der Waals surface area (Å²) < 4.78 is 0. The van der Waals surface area contributed by atoms with E-state index in [1.807, 2.05) is 0 Å². The monoisotopic (exact) mass is 295 g/mol. The highest BCUT2D eigenvalue weighted by Crippen LogP contribution is 2.22. The maximum absolute atomic E-state index is 4.78. The molecular formula is C16H29N3S. The summed E-state index contributed by atoms with van der Waals surface area (Å²) in [6.45, 7) is 11.1. The van der Waals surface area contributed by atoms with Crippen LogP contribution in [0.15, 0.2) is 5.38 Å². The van der Waals surface area contributed by atoms with Crippen molar-refractivity contribution in [1.29, 1.82) is 0 Å². The molecule has 0 aromatic carbocycles. The zero-order chi connectivity index (χ0) is 14.4. The number of thiazole rings is 1. The van der Waals surface area contributed by atoms with Gasteiger partial charge in [-0.1, -0.05) is 27.2 Å². The van der Waals surface area contributed by atoms with Gasteiger partial charge in [0.15, 0.2) is 0 Å². The average molecular weight is 295 g/mol. The summed E-state index contributed by atoms with van der Waals surface area (Å²) >= 11 is 1.80. The van der Waals surface area contributed by atoms with Gasteiger partial charge in [0.2, 0.25) is 0 Å². The zero-order valence-corrected chi connectivity index (χ0v) is 14.0. The fourth-order valence-corrected chi connectivity index (χ4v) is 3.66. The lowest BCUT2D eigenvalue weighted by Gasteiger charge is -2.34. The maximum atomic E-state index is 4.78. The van der Waals surface area contributed by atoms with Gasteiger partial charge in [-0.15, -0.1) is 11.3 Å². The highest BCUT2D eigenvalue weighted by molar-refractivity contribution is 7.09. The van der Waals surface area contributed by atoms with Crippen molar-refractivity contribution in [2.75, 3.05) is 13.1 Å². The molecule has 1 aromatic rings. The van der Waals surface area contributed by atoms with Crippen LogP contribution in [0.25, 0.3) is 0 Å². The van der Waals surface area contributed by atoms with E-state index in [0.29, 0.717) is 5.92 Å². The number of nitrogens with one attached hydrogen (secondary N) is 1. The second-order valence-corrected chi connectivity index (χ2v) is 7.23. The van der Waals surface area contributed by atoms with Crippen molar-refractivity contribution in [3.63, 3.8) is 0 Å². The van der Waals surface area contributed by atoms with Crippen molar-refractivity contribution in [3.8, 4) is 0 Å². The van der Waals surface area contributed by atoms with Crippen LogP contribution in [0.2, 0.25) is 0 Å². The summed E-state index contributed by atoms with van der Waals surface area (Å²) in [4.78, 5) is 7.41. The maximum Gasteiger partial charge on any atom is 0.107 e. The Hall–Kier alpha value is -0.450. The second-order valence-electron chi connectivity index (χ2n) is 6.29. The molecule has 2 heterocycles. The van der Waals surface area contributed by atoms with Crippen LogP contribution in [-0.2, 0) is 13.1 Å². The molecule has 0 saturated carbocycles. The molecule has 1 fully saturated rings. The van der Waals surface area contributed by atoms with Crippen molar-refractivity contribution >= 4 is 11.3 Å². The molecule has 1 unspecified atom stereocenters. The lowest BCUT2D eigenvalue weighted by Crippen LogP contribution is -2.38. The number of likely N-dealkylation sites (tertiary alicyclic amines) is 1. The molecule has 114 valence electrons. The predicted octanol–water partition coefficient (Wildman–Crippen LogP) is 3.65. The lowest BCUT2D eigenvalue weighted by atomic mass is 10.00. The first-order valence-electron chi connectivity index (χ1n) is 8.07. The third kappa shape index (κ3) is 4.83. The van der Waals surface area contributed by atoms with Gasteiger partial charge < -0.3 is 5.32 Å². The van der Waals surface area contributed by atoms with Crippen LogP contribution in [0.1, 0.15) is 57.2 Å². The van der Waals surface area contributed by atoms with Crippen molar-refractivity contribution in [1.82, 2.24) is 15.2 Å². The quantitative estimate of drug-likeness (QED) is 0.832. The van der Waals surface area contributed by atoms with Crippen LogP contribution >= 0.6 is 11.3 Å². The van der Waals surface area contributed by atoms with Gasteiger partial charge in [0.05, 0.1) is 5.69 Å². The average Bonchev–Trinajstić information content (AvgIpc) is 2.86. The molecular weight excluding hydrogens is 266 g/mol. The van der Waals surface area contributed by atoms with Crippen LogP contribution in [0.5, 0.6) is 0 Å². The summed E-state index contributed by atoms with van der Waals surface area (Å²) in [6, 6.07) is 0.771. The molecule has 20 heavy (non-hydrogen) atoms. The highest BCUT2D eigenvalue weighted by Gasteiger charge is 2.21. The highest BCUT2D eigenvalue weighted by atomic mass is 32.1. The minimum atomic E-state index is 0.702. The van der Waals surface area contributed by atoms with Gasteiger partial charge in [-0.25, -0.2) is 4.98 Å². The molecule has 1 N–H and O–H groups in total. The number of nitrogens with zero attached hydrogens (tertiary/aromatic N) is 2. The number of hydrogen-bond acceptors (Lipinski definition) is 4. The third-order valence-electron chi connectivity index (χ3n) is 4.01. The first kappa shape index (κ1) is 15.9. The Morgan fingerprint density at radius 1 is 1.45 bits per heavy atom. The third-order valence-corrected chi connectivity index (χ3v) is 4.91. The van der Waals surface area contributed by atoms with Crippen LogP contribution < -0.4 is 5.32 Å². The topological polar surface area (TPSA) is 28.2 Å². The van der Waals surface area contributed by atoms with E-state index in [2.05, 4.69) is 36.4 Å². The Bertz CT molecular complexity index is 389. The normalized spacial score (nSPS) is 20.7. The molecule has 0 radical (unpaired) electrons. The fraction of sp³-hybridized carbons (Fsp3) is 0.812. The van der Waals surface area contributed by atoms with Crippen LogP contribution in [0.4, 0.5) is 0 Å². The second kappa shape index (κ2) is 8.11. The van der Waals surface area contributed by atoms with Crippen LogP contribution in [0, 0.1) is 5.92 Å². The largest absolute Gasteiger partial charge is 0.310 e. The molecule has 2 rings (SSSR count). The lowest BCUT2D eigenvalue weighted by molar-refractivity contribution is 0.134. The molecule has 1 aliphatic rings. The smallest absolute Gasteiger partial charge is 0.107 e. The number of aromatic nitrogens is 1. The Labute approximate surface area is 127 Å². The molecule has 1 saturated heterocycles. The molecule has 4 heteroatoms. The summed E-state index contributed by atoms with van der Waals surface area (Å²) in [6.07, 6.45) is 5.39. The molecule has 0 spiro atoms. The summed E-state index contributed by atoms with van der Waals surface area (Å²) in [5.74, 6) is 0.702. The minimum Gasteiger partial charge on any atom is -0.310 e. The standard InChI is InChI=1S/C16H29N3S/c1-4-15-7-5-6-8-19(15)11-14-12-20-16(18-14)10-17-9-13(2)3/h12-13,15,17H,4-11H2,1-3H3. The van der Waals surface area contributed by atoms with Gasteiger partial charge >= 0.3 is 0 Å². The minimum absolute atomic E-state index is 0.702. The van der Waals surface area contributed by atoms with E-state index in [1.54, 1.807) is 11.3 Å². The van der Waals surface area contributed by atoms with E-state index in [0.717, 1.165) is 25.7 Å². The molecule has 0 aliphatic carbocycles. The van der Waals surface area contributed by atoms with E-state index < -0.39 is 0 Å². The van der Waals surface area contributed by atoms with Gasteiger partial charge in [0, 0.05) is 24.5 Å².